The Morgan fingerprint density at radius 1 is 1.44 bits per heavy atom. The van der Waals surface area contributed by atoms with E-state index in [1.54, 1.807) is 0 Å². The van der Waals surface area contributed by atoms with Crippen molar-refractivity contribution in [3.05, 3.63) is 41.2 Å². The molecule has 3 rings (SSSR count). The van der Waals surface area contributed by atoms with Gasteiger partial charge in [-0.3, -0.25) is 5.10 Å². The van der Waals surface area contributed by atoms with E-state index in [0.717, 1.165) is 54.2 Å². The van der Waals surface area contributed by atoms with Gasteiger partial charge in [-0.2, -0.15) is 5.10 Å². The largest absolute Gasteiger partial charge is 0.494 e. The second kappa shape index (κ2) is 7.59. The molecule has 2 amide bonds. The molecule has 2 aromatic rings. The van der Waals surface area contributed by atoms with Gasteiger partial charge in [-0.05, 0) is 45.2 Å². The zero-order chi connectivity index (χ0) is 17.8. The second-order valence-corrected chi connectivity index (χ2v) is 6.51. The monoisotopic (exact) mass is 342 g/mol. The Balaban J connectivity index is 1.72. The van der Waals surface area contributed by atoms with Crippen molar-refractivity contribution in [2.75, 3.05) is 18.5 Å². The number of urea groups is 1. The maximum Gasteiger partial charge on any atom is 0.322 e. The van der Waals surface area contributed by atoms with Gasteiger partial charge in [0.2, 0.25) is 0 Å². The van der Waals surface area contributed by atoms with Crippen LogP contribution in [0.3, 0.4) is 0 Å². The minimum absolute atomic E-state index is 0.0739. The van der Waals surface area contributed by atoms with Crippen molar-refractivity contribution in [3.63, 3.8) is 0 Å². The first-order valence-electron chi connectivity index (χ1n) is 8.92. The quantitative estimate of drug-likeness (QED) is 0.856. The van der Waals surface area contributed by atoms with Gasteiger partial charge in [0, 0.05) is 29.6 Å². The smallest absolute Gasteiger partial charge is 0.322 e. The third-order valence-electron chi connectivity index (χ3n) is 4.59. The number of hydrogen-bond acceptors (Lipinski definition) is 3. The van der Waals surface area contributed by atoms with E-state index in [0.29, 0.717) is 6.61 Å². The van der Waals surface area contributed by atoms with Crippen LogP contribution in [0.1, 0.15) is 49.2 Å². The standard InChI is InChI=1S/C19H26N4O2/c1-4-11-25-16-8-5-7-15(12-16)20-19(24)23-10-6-9-17(23)18-13(2)21-22-14(18)3/h5,7-8,12,17H,4,6,9-11H2,1-3H3,(H,20,24)(H,21,22)/t17-/m0/s1. The molecule has 1 aliphatic rings. The first kappa shape index (κ1) is 17.3. The van der Waals surface area contributed by atoms with Crippen molar-refractivity contribution in [1.82, 2.24) is 15.1 Å². The van der Waals surface area contributed by atoms with Crippen molar-refractivity contribution in [1.29, 1.82) is 0 Å². The zero-order valence-electron chi connectivity index (χ0n) is 15.1. The van der Waals surface area contributed by atoms with E-state index >= 15 is 0 Å². The lowest BCUT2D eigenvalue weighted by Gasteiger charge is -2.25. The highest BCUT2D eigenvalue weighted by Crippen LogP contribution is 2.35. The fourth-order valence-electron chi connectivity index (χ4n) is 3.44. The molecule has 1 fully saturated rings. The van der Waals surface area contributed by atoms with Crippen molar-refractivity contribution in [2.45, 2.75) is 46.1 Å². The molecular weight excluding hydrogens is 316 g/mol. The van der Waals surface area contributed by atoms with Crippen LogP contribution in [0.15, 0.2) is 24.3 Å². The van der Waals surface area contributed by atoms with Gasteiger partial charge in [0.05, 0.1) is 18.3 Å². The maximum absolute atomic E-state index is 12.8. The molecule has 0 bridgehead atoms. The fraction of sp³-hybridized carbons (Fsp3) is 0.474. The Morgan fingerprint density at radius 2 is 2.28 bits per heavy atom. The molecule has 1 saturated heterocycles. The number of aryl methyl sites for hydroxylation is 2. The van der Waals surface area contributed by atoms with Gasteiger partial charge in [-0.1, -0.05) is 13.0 Å². The number of carbonyl (C=O) groups is 1. The summed E-state index contributed by atoms with van der Waals surface area (Å²) in [5.74, 6) is 0.777. The molecule has 6 heteroatoms. The molecular formula is C19H26N4O2. The van der Waals surface area contributed by atoms with Crippen molar-refractivity contribution in [2.24, 2.45) is 0 Å². The number of H-pyrrole nitrogens is 1. The molecule has 25 heavy (non-hydrogen) atoms. The zero-order valence-corrected chi connectivity index (χ0v) is 15.1. The number of ether oxygens (including phenoxy) is 1. The Hall–Kier alpha value is -2.50. The van der Waals surface area contributed by atoms with Gasteiger partial charge in [0.25, 0.3) is 0 Å². The second-order valence-electron chi connectivity index (χ2n) is 6.51. The third-order valence-corrected chi connectivity index (χ3v) is 4.59. The first-order valence-corrected chi connectivity index (χ1v) is 8.92. The minimum Gasteiger partial charge on any atom is -0.494 e. The lowest BCUT2D eigenvalue weighted by molar-refractivity contribution is 0.207. The molecule has 1 aliphatic heterocycles. The van der Waals surface area contributed by atoms with Crippen LogP contribution in [0.4, 0.5) is 10.5 Å². The van der Waals surface area contributed by atoms with E-state index in [1.165, 1.54) is 0 Å². The normalized spacial score (nSPS) is 16.9. The van der Waals surface area contributed by atoms with E-state index in [1.807, 2.05) is 43.0 Å². The molecule has 1 atom stereocenters. The lowest BCUT2D eigenvalue weighted by atomic mass is 10.0. The number of nitrogens with zero attached hydrogens (tertiary/aromatic N) is 2. The van der Waals surface area contributed by atoms with Crippen LogP contribution in [0, 0.1) is 13.8 Å². The Kier molecular flexibility index (Phi) is 5.26. The predicted octanol–water partition coefficient (Wildman–Crippen LogP) is 4.18. The van der Waals surface area contributed by atoms with Crippen molar-refractivity contribution in [3.8, 4) is 5.75 Å². The highest BCUT2D eigenvalue weighted by atomic mass is 16.5. The molecule has 0 saturated carbocycles. The van der Waals surface area contributed by atoms with E-state index < -0.39 is 0 Å². The van der Waals surface area contributed by atoms with E-state index in [4.69, 9.17) is 4.74 Å². The van der Waals surface area contributed by atoms with Crippen molar-refractivity contribution >= 4 is 11.7 Å². The molecule has 6 nitrogen and oxygen atoms in total. The minimum atomic E-state index is -0.0739. The SMILES string of the molecule is CCCOc1cccc(NC(=O)N2CCC[C@H]2c2c(C)n[nH]c2C)c1. The van der Waals surface area contributed by atoms with Crippen molar-refractivity contribution < 1.29 is 9.53 Å². The molecule has 0 unspecified atom stereocenters. The number of anilines is 1. The molecule has 0 spiro atoms. The van der Waals surface area contributed by atoms with Crippen LogP contribution >= 0.6 is 0 Å². The van der Waals surface area contributed by atoms with Crippen LogP contribution < -0.4 is 10.1 Å². The van der Waals surface area contributed by atoms with E-state index in [-0.39, 0.29) is 12.1 Å². The summed E-state index contributed by atoms with van der Waals surface area (Å²) in [6.45, 7) is 7.50. The summed E-state index contributed by atoms with van der Waals surface area (Å²) < 4.78 is 5.64. The average molecular weight is 342 g/mol. The molecule has 2 heterocycles. The topological polar surface area (TPSA) is 70.2 Å². The van der Waals surface area contributed by atoms with Crippen LogP contribution in [0.25, 0.3) is 0 Å². The van der Waals surface area contributed by atoms with Crippen LogP contribution in [0.2, 0.25) is 0 Å². The summed E-state index contributed by atoms with van der Waals surface area (Å²) in [5.41, 5.74) is 3.91. The summed E-state index contributed by atoms with van der Waals surface area (Å²) >= 11 is 0. The van der Waals surface area contributed by atoms with Crippen LogP contribution in [-0.4, -0.2) is 34.3 Å². The number of carbonyl (C=O) groups excluding carboxylic acids is 1. The number of nitrogens with one attached hydrogen (secondary N) is 2. The van der Waals surface area contributed by atoms with Crippen LogP contribution in [0.5, 0.6) is 5.75 Å². The molecule has 0 aliphatic carbocycles. The molecule has 134 valence electrons. The predicted molar refractivity (Wildman–Crippen MR) is 98.0 cm³/mol. The Bertz CT molecular complexity index is 721. The Labute approximate surface area is 148 Å². The summed E-state index contributed by atoms with van der Waals surface area (Å²) in [6.07, 6.45) is 2.92. The highest BCUT2D eigenvalue weighted by molar-refractivity contribution is 5.90. The lowest BCUT2D eigenvalue weighted by Crippen LogP contribution is -2.34. The summed E-state index contributed by atoms with van der Waals surface area (Å²) in [7, 11) is 0. The average Bonchev–Trinajstić information content (AvgIpc) is 3.19. The maximum atomic E-state index is 12.8. The highest BCUT2D eigenvalue weighted by Gasteiger charge is 2.33. The summed E-state index contributed by atoms with van der Waals surface area (Å²) in [4.78, 5) is 14.7. The molecule has 1 aromatic carbocycles. The summed E-state index contributed by atoms with van der Waals surface area (Å²) in [6, 6.07) is 7.56. The molecule has 0 radical (unpaired) electrons. The van der Waals surface area contributed by atoms with Crippen LogP contribution in [-0.2, 0) is 0 Å². The van der Waals surface area contributed by atoms with E-state index in [2.05, 4.69) is 22.4 Å². The number of hydrogen-bond donors (Lipinski definition) is 2. The van der Waals surface area contributed by atoms with Gasteiger partial charge >= 0.3 is 6.03 Å². The third kappa shape index (κ3) is 3.78. The number of aromatic nitrogens is 2. The number of benzene rings is 1. The number of rotatable bonds is 5. The van der Waals surface area contributed by atoms with Gasteiger partial charge in [-0.25, -0.2) is 4.79 Å². The van der Waals surface area contributed by atoms with Gasteiger partial charge < -0.3 is 15.0 Å². The molecule has 1 aromatic heterocycles. The number of aromatic amines is 1. The number of likely N-dealkylation sites (tertiary alicyclic amines) is 1. The van der Waals surface area contributed by atoms with Gasteiger partial charge in [0.1, 0.15) is 5.75 Å². The van der Waals surface area contributed by atoms with Gasteiger partial charge in [0.15, 0.2) is 0 Å². The van der Waals surface area contributed by atoms with Gasteiger partial charge in [-0.15, -0.1) is 0 Å². The van der Waals surface area contributed by atoms with E-state index in [9.17, 15) is 4.79 Å². The molecule has 2 N–H and O–H groups in total. The summed E-state index contributed by atoms with van der Waals surface area (Å²) in [5, 5.41) is 10.3. The fourth-order valence-corrected chi connectivity index (χ4v) is 3.44. The Morgan fingerprint density at radius 3 is 3.00 bits per heavy atom. The first-order chi connectivity index (χ1) is 12.1. The number of amides is 2.